The van der Waals surface area contributed by atoms with Gasteiger partial charge < -0.3 is 0 Å². The second-order valence-electron chi connectivity index (χ2n) is 4.10. The number of hydrogen-bond donors (Lipinski definition) is 1. The van der Waals surface area contributed by atoms with Gasteiger partial charge in [-0.15, -0.1) is 11.3 Å². The van der Waals surface area contributed by atoms with Gasteiger partial charge in [0.25, 0.3) is 0 Å². The lowest BCUT2D eigenvalue weighted by Crippen LogP contribution is -2.26. The molecule has 2 heterocycles. The fourth-order valence-electron chi connectivity index (χ4n) is 1.60. The van der Waals surface area contributed by atoms with Gasteiger partial charge in [0.05, 0.1) is 11.1 Å². The molecular formula is C12H13ClN2O2S2. The van der Waals surface area contributed by atoms with Crippen LogP contribution in [0, 0.1) is 6.92 Å². The van der Waals surface area contributed by atoms with E-state index in [1.165, 1.54) is 18.5 Å². The Kier molecular flexibility index (Phi) is 4.25. The predicted octanol–water partition coefficient (Wildman–Crippen LogP) is 3.14. The van der Waals surface area contributed by atoms with E-state index < -0.39 is 10.0 Å². The van der Waals surface area contributed by atoms with Crippen LogP contribution in [0.3, 0.4) is 0 Å². The normalized spacial score (nSPS) is 13.4. The summed E-state index contributed by atoms with van der Waals surface area (Å²) in [5.41, 5.74) is 0. The van der Waals surface area contributed by atoms with E-state index in [1.807, 2.05) is 19.1 Å². The zero-order chi connectivity index (χ0) is 14.0. The lowest BCUT2D eigenvalue weighted by Gasteiger charge is -2.13. The van der Waals surface area contributed by atoms with Gasteiger partial charge in [0.2, 0.25) is 10.0 Å². The summed E-state index contributed by atoms with van der Waals surface area (Å²) in [6.45, 7) is 3.78. The second-order valence-corrected chi connectivity index (χ2v) is 7.51. The van der Waals surface area contributed by atoms with Crippen molar-refractivity contribution in [2.45, 2.75) is 24.8 Å². The van der Waals surface area contributed by atoms with Gasteiger partial charge >= 0.3 is 0 Å². The molecule has 102 valence electrons. The molecule has 0 saturated carbocycles. The Morgan fingerprint density at radius 3 is 2.68 bits per heavy atom. The molecule has 2 rings (SSSR count). The van der Waals surface area contributed by atoms with Crippen LogP contribution in [-0.2, 0) is 10.0 Å². The number of nitrogens with one attached hydrogen (secondary N) is 1. The highest BCUT2D eigenvalue weighted by Crippen LogP contribution is 2.25. The minimum absolute atomic E-state index is 0.00297. The maximum absolute atomic E-state index is 12.2. The van der Waals surface area contributed by atoms with Crippen LogP contribution in [0.15, 0.2) is 35.5 Å². The maximum Gasteiger partial charge on any atom is 0.244 e. The van der Waals surface area contributed by atoms with E-state index in [2.05, 4.69) is 9.71 Å². The lowest BCUT2D eigenvalue weighted by atomic mass is 10.3. The molecule has 0 aliphatic rings. The largest absolute Gasteiger partial charge is 0.263 e. The average molecular weight is 317 g/mol. The number of rotatable bonds is 4. The van der Waals surface area contributed by atoms with Crippen molar-refractivity contribution in [1.82, 2.24) is 9.71 Å². The van der Waals surface area contributed by atoms with Crippen LogP contribution >= 0.6 is 22.9 Å². The summed E-state index contributed by atoms with van der Waals surface area (Å²) < 4.78 is 27.0. The van der Waals surface area contributed by atoms with Crippen LogP contribution < -0.4 is 4.72 Å². The van der Waals surface area contributed by atoms with Crippen LogP contribution in [0.4, 0.5) is 0 Å². The summed E-state index contributed by atoms with van der Waals surface area (Å²) in [4.78, 5) is 5.89. The fraction of sp³-hybridized carbons (Fsp3) is 0.250. The molecule has 0 saturated heterocycles. The van der Waals surface area contributed by atoms with Crippen molar-refractivity contribution in [3.05, 3.63) is 45.4 Å². The highest BCUT2D eigenvalue weighted by atomic mass is 35.5. The molecular weight excluding hydrogens is 304 g/mol. The van der Waals surface area contributed by atoms with Gasteiger partial charge in [0.1, 0.15) is 4.90 Å². The Morgan fingerprint density at radius 1 is 1.37 bits per heavy atom. The van der Waals surface area contributed by atoms with Crippen molar-refractivity contribution in [3.8, 4) is 0 Å². The van der Waals surface area contributed by atoms with Gasteiger partial charge in [0.15, 0.2) is 0 Å². The highest BCUT2D eigenvalue weighted by molar-refractivity contribution is 7.89. The molecule has 0 aromatic carbocycles. The fourth-order valence-corrected chi connectivity index (χ4v) is 4.21. The Labute approximate surface area is 121 Å². The molecule has 2 aromatic heterocycles. The number of pyridine rings is 1. The number of aromatic nitrogens is 1. The van der Waals surface area contributed by atoms with Gasteiger partial charge in [-0.05, 0) is 32.0 Å². The lowest BCUT2D eigenvalue weighted by molar-refractivity contribution is 0.568. The first-order valence-electron chi connectivity index (χ1n) is 5.58. The molecule has 7 heteroatoms. The van der Waals surface area contributed by atoms with Crippen molar-refractivity contribution in [3.63, 3.8) is 0 Å². The quantitative estimate of drug-likeness (QED) is 0.942. The first-order chi connectivity index (χ1) is 8.90. The average Bonchev–Trinajstić information content (AvgIpc) is 2.76. The Bertz CT molecular complexity index is 683. The van der Waals surface area contributed by atoms with Crippen molar-refractivity contribution < 1.29 is 8.42 Å². The molecule has 1 N–H and O–H groups in total. The van der Waals surface area contributed by atoms with Gasteiger partial charge in [-0.1, -0.05) is 11.6 Å². The molecule has 4 nitrogen and oxygen atoms in total. The maximum atomic E-state index is 12.2. The number of halogens is 1. The number of hydrogen-bond acceptors (Lipinski definition) is 4. The Hall–Kier alpha value is -0.950. The molecule has 0 aliphatic heterocycles. The van der Waals surface area contributed by atoms with E-state index in [1.54, 1.807) is 18.3 Å². The minimum Gasteiger partial charge on any atom is -0.263 e. The van der Waals surface area contributed by atoms with E-state index in [-0.39, 0.29) is 16.0 Å². The molecule has 0 fully saturated rings. The summed E-state index contributed by atoms with van der Waals surface area (Å²) in [5, 5.41) is 0.164. The van der Waals surface area contributed by atoms with Crippen molar-refractivity contribution >= 4 is 33.0 Å². The van der Waals surface area contributed by atoms with E-state index in [0.29, 0.717) is 0 Å². The number of aryl methyl sites for hydroxylation is 1. The van der Waals surface area contributed by atoms with Crippen molar-refractivity contribution in [2.75, 3.05) is 0 Å². The van der Waals surface area contributed by atoms with Crippen LogP contribution in [0.2, 0.25) is 5.02 Å². The molecule has 1 unspecified atom stereocenters. The number of sulfonamides is 1. The van der Waals surface area contributed by atoms with Crippen LogP contribution in [-0.4, -0.2) is 13.4 Å². The standard InChI is InChI=1S/C12H13ClN2O2S2/c1-8-3-4-11(18-8)9(2)15-19(16,17)12-7-14-6-5-10(12)13/h3-7,9,15H,1-2H3. The van der Waals surface area contributed by atoms with E-state index >= 15 is 0 Å². The summed E-state index contributed by atoms with van der Waals surface area (Å²) >= 11 is 7.45. The van der Waals surface area contributed by atoms with Crippen molar-refractivity contribution in [2.24, 2.45) is 0 Å². The van der Waals surface area contributed by atoms with Crippen molar-refractivity contribution in [1.29, 1.82) is 0 Å². The summed E-state index contributed by atoms with van der Waals surface area (Å²) in [5.74, 6) is 0. The molecule has 2 aromatic rings. The summed E-state index contributed by atoms with van der Waals surface area (Å²) in [7, 11) is -3.67. The first kappa shape index (κ1) is 14.5. The smallest absolute Gasteiger partial charge is 0.244 e. The number of thiophene rings is 1. The summed E-state index contributed by atoms with van der Waals surface area (Å²) in [6.07, 6.45) is 2.70. The van der Waals surface area contributed by atoms with E-state index in [4.69, 9.17) is 11.6 Å². The second kappa shape index (κ2) is 5.58. The van der Waals surface area contributed by atoms with Gasteiger partial charge in [0, 0.05) is 22.1 Å². The van der Waals surface area contributed by atoms with Gasteiger partial charge in [-0.3, -0.25) is 4.98 Å². The monoisotopic (exact) mass is 316 g/mol. The van der Waals surface area contributed by atoms with Gasteiger partial charge in [-0.2, -0.15) is 0 Å². The molecule has 1 atom stereocenters. The SMILES string of the molecule is Cc1ccc(C(C)NS(=O)(=O)c2cnccc2Cl)s1. The zero-order valence-corrected chi connectivity index (χ0v) is 12.8. The first-order valence-corrected chi connectivity index (χ1v) is 8.26. The third-order valence-corrected chi connectivity index (χ3v) is 5.74. The molecule has 0 bridgehead atoms. The topological polar surface area (TPSA) is 59.1 Å². The van der Waals surface area contributed by atoms with Gasteiger partial charge in [-0.25, -0.2) is 13.1 Å². The molecule has 19 heavy (non-hydrogen) atoms. The molecule has 0 radical (unpaired) electrons. The third-order valence-electron chi connectivity index (χ3n) is 2.54. The van der Waals surface area contributed by atoms with Crippen LogP contribution in [0.5, 0.6) is 0 Å². The summed E-state index contributed by atoms with van der Waals surface area (Å²) in [6, 6.07) is 5.02. The molecule has 0 spiro atoms. The van der Waals surface area contributed by atoms with Crippen LogP contribution in [0.25, 0.3) is 0 Å². The Morgan fingerprint density at radius 2 is 2.11 bits per heavy atom. The molecule has 0 amide bonds. The number of nitrogens with zero attached hydrogens (tertiary/aromatic N) is 1. The van der Waals surface area contributed by atoms with E-state index in [9.17, 15) is 8.42 Å². The predicted molar refractivity (Wildman–Crippen MR) is 77.0 cm³/mol. The Balaban J connectivity index is 2.25. The highest BCUT2D eigenvalue weighted by Gasteiger charge is 2.21. The zero-order valence-electron chi connectivity index (χ0n) is 10.4. The third kappa shape index (κ3) is 3.33. The molecule has 0 aliphatic carbocycles. The van der Waals surface area contributed by atoms with Crippen LogP contribution in [0.1, 0.15) is 22.7 Å². The minimum atomic E-state index is -3.67. The van der Waals surface area contributed by atoms with E-state index in [0.717, 1.165) is 9.75 Å².